The highest BCUT2D eigenvalue weighted by molar-refractivity contribution is 7.89. The molecule has 0 radical (unpaired) electrons. The lowest BCUT2D eigenvalue weighted by Crippen LogP contribution is -2.49. The molecule has 2 heterocycles. The van der Waals surface area contributed by atoms with Gasteiger partial charge in [-0.1, -0.05) is 24.6 Å². The second kappa shape index (κ2) is 10.3. The number of aromatic nitrogens is 1. The lowest BCUT2D eigenvalue weighted by atomic mass is 10.2. The number of hydrogen-bond acceptors (Lipinski definition) is 8. The van der Waals surface area contributed by atoms with Crippen LogP contribution in [0.25, 0.3) is 0 Å². The normalized spacial score (nSPS) is 15.2. The van der Waals surface area contributed by atoms with Gasteiger partial charge in [0.2, 0.25) is 10.0 Å². The van der Waals surface area contributed by atoms with Crippen LogP contribution in [0.4, 0.5) is 17.4 Å². The molecule has 1 aliphatic heterocycles. The van der Waals surface area contributed by atoms with Crippen LogP contribution in [-0.4, -0.2) is 68.6 Å². The van der Waals surface area contributed by atoms with Gasteiger partial charge < -0.3 is 25.7 Å². The van der Waals surface area contributed by atoms with Crippen LogP contribution in [0, 0.1) is 0 Å². The highest BCUT2D eigenvalue weighted by Crippen LogP contribution is 2.34. The van der Waals surface area contributed by atoms with Crippen molar-refractivity contribution in [3.63, 3.8) is 0 Å². The van der Waals surface area contributed by atoms with Gasteiger partial charge in [0, 0.05) is 26.2 Å². The molecule has 10 nitrogen and oxygen atoms in total. The van der Waals surface area contributed by atoms with E-state index in [9.17, 15) is 13.2 Å². The van der Waals surface area contributed by atoms with Gasteiger partial charge in [0.05, 0.1) is 22.2 Å². The largest absolute Gasteiger partial charge is 0.431 e. The van der Waals surface area contributed by atoms with E-state index in [1.807, 2.05) is 17.9 Å². The van der Waals surface area contributed by atoms with Gasteiger partial charge in [-0.15, -0.1) is 0 Å². The Labute approximate surface area is 186 Å². The van der Waals surface area contributed by atoms with Crippen molar-refractivity contribution in [3.8, 4) is 0 Å². The monoisotopic (exact) mass is 470 g/mol. The van der Waals surface area contributed by atoms with Crippen molar-refractivity contribution in [2.24, 2.45) is 0 Å². The first-order valence-electron chi connectivity index (χ1n) is 10.1. The molecule has 0 aliphatic carbocycles. The Morgan fingerprint density at radius 3 is 2.68 bits per heavy atom. The van der Waals surface area contributed by atoms with Crippen LogP contribution in [0.1, 0.15) is 23.8 Å². The number of rotatable bonds is 9. The molecular weight excluding hydrogens is 444 g/mol. The van der Waals surface area contributed by atoms with Crippen LogP contribution >= 0.6 is 11.6 Å². The zero-order valence-corrected chi connectivity index (χ0v) is 18.9. The lowest BCUT2D eigenvalue weighted by molar-refractivity contribution is 0.102. The van der Waals surface area contributed by atoms with Crippen molar-refractivity contribution in [1.29, 1.82) is 0 Å². The number of halogens is 1. The molecule has 4 N–H and O–H groups in total. The van der Waals surface area contributed by atoms with E-state index in [-0.39, 0.29) is 17.5 Å². The average Bonchev–Trinajstić information content (AvgIpc) is 3.19. The molecule has 1 aromatic heterocycles. The van der Waals surface area contributed by atoms with Crippen molar-refractivity contribution in [2.45, 2.75) is 13.3 Å². The molecule has 3 rings (SSSR count). The van der Waals surface area contributed by atoms with Crippen molar-refractivity contribution in [2.75, 3.05) is 61.0 Å². The van der Waals surface area contributed by atoms with Gasteiger partial charge in [-0.2, -0.15) is 9.29 Å². The molecule has 31 heavy (non-hydrogen) atoms. The van der Waals surface area contributed by atoms with Gasteiger partial charge in [-0.25, -0.2) is 8.42 Å². The lowest BCUT2D eigenvalue weighted by Gasteiger charge is -2.36. The number of amides is 1. The van der Waals surface area contributed by atoms with E-state index in [0.29, 0.717) is 55.5 Å². The maximum absolute atomic E-state index is 12.6. The topological polar surface area (TPSA) is 134 Å². The summed E-state index contributed by atoms with van der Waals surface area (Å²) >= 11 is 6.35. The third-order valence-corrected chi connectivity index (χ3v) is 7.23. The molecule has 0 atom stereocenters. The fourth-order valence-corrected chi connectivity index (χ4v) is 5.07. The summed E-state index contributed by atoms with van der Waals surface area (Å²) in [6.07, 6.45) is 1.74. The highest BCUT2D eigenvalue weighted by atomic mass is 35.5. The number of nitrogens with zero attached hydrogens (tertiary/aromatic N) is 3. The summed E-state index contributed by atoms with van der Waals surface area (Å²) in [4.78, 5) is 18.3. The number of nitrogens with two attached hydrogens (primary N) is 1. The van der Waals surface area contributed by atoms with E-state index >= 15 is 0 Å². The molecule has 1 aromatic carbocycles. The molecule has 170 valence electrons. The minimum Gasteiger partial charge on any atom is -0.431 e. The minimum atomic E-state index is -3.30. The number of nitrogen functional groups attached to an aromatic ring is 1. The Morgan fingerprint density at radius 1 is 1.29 bits per heavy atom. The van der Waals surface area contributed by atoms with Crippen molar-refractivity contribution in [1.82, 2.24) is 14.6 Å². The number of nitrogens with one attached hydrogen (secondary N) is 2. The van der Waals surface area contributed by atoms with Gasteiger partial charge in [-0.05, 0) is 31.6 Å². The quantitative estimate of drug-likeness (QED) is 0.470. The van der Waals surface area contributed by atoms with Crippen LogP contribution in [0.2, 0.25) is 5.02 Å². The van der Waals surface area contributed by atoms with E-state index in [2.05, 4.69) is 15.6 Å². The Bertz CT molecular complexity index is 1000. The van der Waals surface area contributed by atoms with Crippen LogP contribution in [0.15, 0.2) is 28.9 Å². The van der Waals surface area contributed by atoms with Gasteiger partial charge in [-0.3, -0.25) is 4.79 Å². The first-order chi connectivity index (χ1) is 14.8. The molecule has 1 amide bonds. The molecule has 0 unspecified atom stereocenters. The number of carbonyl (C=O) groups excluding carboxylic acids is 1. The van der Waals surface area contributed by atoms with Crippen LogP contribution in [-0.2, 0) is 10.0 Å². The van der Waals surface area contributed by atoms with Gasteiger partial charge in [0.25, 0.3) is 11.9 Å². The Balaban J connectivity index is 1.66. The molecule has 0 bridgehead atoms. The van der Waals surface area contributed by atoms with Gasteiger partial charge >= 0.3 is 0 Å². The SMILES string of the molecule is CCNCCCS(=O)(=O)N1CCN(c2cccc(Cl)c2NC(=O)c2coc(N)n2)CC1. The molecule has 0 saturated carbocycles. The number of para-hydroxylation sites is 1. The molecule has 2 aromatic rings. The molecule has 0 spiro atoms. The van der Waals surface area contributed by atoms with Crippen LogP contribution < -0.4 is 21.3 Å². The van der Waals surface area contributed by atoms with Crippen LogP contribution in [0.5, 0.6) is 0 Å². The summed E-state index contributed by atoms with van der Waals surface area (Å²) in [6.45, 7) is 5.17. The number of benzene rings is 1. The first kappa shape index (κ1) is 23.3. The summed E-state index contributed by atoms with van der Waals surface area (Å²) in [7, 11) is -3.30. The fraction of sp³-hybridized carbons (Fsp3) is 0.474. The average molecular weight is 471 g/mol. The summed E-state index contributed by atoms with van der Waals surface area (Å²) in [5, 5.41) is 6.26. The summed E-state index contributed by atoms with van der Waals surface area (Å²) in [5.41, 5.74) is 6.61. The third kappa shape index (κ3) is 5.88. The number of sulfonamides is 1. The van der Waals surface area contributed by atoms with Crippen LogP contribution in [0.3, 0.4) is 0 Å². The second-order valence-electron chi connectivity index (χ2n) is 7.07. The van der Waals surface area contributed by atoms with Gasteiger partial charge in [0.15, 0.2) is 5.69 Å². The molecule has 12 heteroatoms. The Kier molecular flexibility index (Phi) is 7.76. The zero-order valence-electron chi connectivity index (χ0n) is 17.3. The number of piperazine rings is 1. The highest BCUT2D eigenvalue weighted by Gasteiger charge is 2.28. The summed E-state index contributed by atoms with van der Waals surface area (Å²) < 4.78 is 31.6. The van der Waals surface area contributed by atoms with Crippen molar-refractivity contribution >= 4 is 44.9 Å². The molecular formula is C19H27ClN6O4S. The Hall–Kier alpha value is -2.34. The second-order valence-corrected chi connectivity index (χ2v) is 9.56. The number of anilines is 3. The van der Waals surface area contributed by atoms with Crippen molar-refractivity contribution < 1.29 is 17.6 Å². The first-order valence-corrected chi connectivity index (χ1v) is 12.0. The molecule has 1 aliphatic rings. The standard InChI is InChI=1S/C19H27ClN6O4S/c1-2-22-7-4-12-31(28,29)26-10-8-25(9-11-26)16-6-3-5-14(20)17(16)24-18(27)15-13-30-19(21)23-15/h3,5-6,13,22H,2,4,7-12H2,1H3,(H2,21,23)(H,24,27). The maximum Gasteiger partial charge on any atom is 0.292 e. The molecule has 1 saturated heterocycles. The maximum atomic E-state index is 12.6. The van der Waals surface area contributed by atoms with E-state index in [1.165, 1.54) is 10.6 Å². The Morgan fingerprint density at radius 2 is 2.03 bits per heavy atom. The third-order valence-electron chi connectivity index (χ3n) is 4.96. The predicted octanol–water partition coefficient (Wildman–Crippen LogP) is 1.61. The van der Waals surface area contributed by atoms with Crippen molar-refractivity contribution in [3.05, 3.63) is 35.2 Å². The summed E-state index contributed by atoms with van der Waals surface area (Å²) in [5.74, 6) is -0.379. The fourth-order valence-electron chi connectivity index (χ4n) is 3.36. The number of hydrogen-bond donors (Lipinski definition) is 3. The smallest absolute Gasteiger partial charge is 0.292 e. The minimum absolute atomic E-state index is 0.0387. The van der Waals surface area contributed by atoms with E-state index in [1.54, 1.807) is 12.1 Å². The predicted molar refractivity (Wildman–Crippen MR) is 121 cm³/mol. The van der Waals surface area contributed by atoms with E-state index < -0.39 is 15.9 Å². The number of carbonyl (C=O) groups is 1. The molecule has 1 fully saturated rings. The van der Waals surface area contributed by atoms with E-state index in [0.717, 1.165) is 6.54 Å². The van der Waals surface area contributed by atoms with Gasteiger partial charge in [0.1, 0.15) is 6.26 Å². The zero-order chi connectivity index (χ0) is 22.4. The summed E-state index contributed by atoms with van der Waals surface area (Å²) in [6, 6.07) is 5.18. The van der Waals surface area contributed by atoms with E-state index in [4.69, 9.17) is 21.8 Å². The number of oxazole rings is 1.